The van der Waals surface area contributed by atoms with Crippen molar-refractivity contribution in [3.63, 3.8) is 0 Å². The Balaban J connectivity index is 0.000000213. The van der Waals surface area contributed by atoms with Crippen LogP contribution < -0.4 is 0 Å². The topological polar surface area (TPSA) is 40.5 Å². The molecule has 0 aliphatic carbocycles. The molecule has 1 heterocycles. The maximum absolute atomic E-state index is 7.12. The van der Waals surface area contributed by atoms with Gasteiger partial charge in [-0.15, -0.1) is 11.3 Å². The molecule has 0 unspecified atom stereocenters. The van der Waals surface area contributed by atoms with Crippen molar-refractivity contribution in [1.82, 2.24) is 0 Å². The van der Waals surface area contributed by atoms with E-state index in [4.69, 9.17) is 10.0 Å². The standard InChI is InChI=1S/C8H6S.BH3O2/c1-2-4-8-7(3-1)5-6-9-8;2-1-3/h1-6H;1-3H. The quantitative estimate of drug-likeness (QED) is 0.596. The van der Waals surface area contributed by atoms with Gasteiger partial charge in [0, 0.05) is 4.70 Å². The first-order valence-corrected chi connectivity index (χ1v) is 4.40. The number of fused-ring (bicyclic) bond motifs is 1. The first-order chi connectivity index (χ1) is 5.88. The molecule has 0 aliphatic rings. The number of rotatable bonds is 0. The Labute approximate surface area is 75.4 Å². The molecular weight excluding hydrogens is 171 g/mol. The minimum Gasteiger partial charge on any atom is -0.430 e. The van der Waals surface area contributed by atoms with Crippen LogP contribution >= 0.6 is 11.3 Å². The third-order valence-corrected chi connectivity index (χ3v) is 2.26. The summed E-state index contributed by atoms with van der Waals surface area (Å²) in [6.45, 7) is 0. The lowest BCUT2D eigenvalue weighted by Gasteiger charge is -1.82. The molecule has 0 aliphatic heterocycles. The fourth-order valence-corrected chi connectivity index (χ4v) is 1.70. The lowest BCUT2D eigenvalue weighted by atomic mass is 10.3. The van der Waals surface area contributed by atoms with Crippen molar-refractivity contribution in [1.29, 1.82) is 0 Å². The third-order valence-electron chi connectivity index (χ3n) is 1.36. The summed E-state index contributed by atoms with van der Waals surface area (Å²) in [6.07, 6.45) is 0. The van der Waals surface area contributed by atoms with Gasteiger partial charge in [-0.1, -0.05) is 18.2 Å². The number of hydrogen-bond acceptors (Lipinski definition) is 3. The average Bonchev–Trinajstić information content (AvgIpc) is 2.52. The van der Waals surface area contributed by atoms with Crippen LogP contribution in [0.1, 0.15) is 0 Å². The first kappa shape index (κ1) is 9.25. The monoisotopic (exact) mass is 180 g/mol. The molecule has 0 saturated carbocycles. The minimum atomic E-state index is -0.750. The zero-order valence-electron chi connectivity index (χ0n) is 6.47. The summed E-state index contributed by atoms with van der Waals surface area (Å²) in [6, 6.07) is 10.5. The predicted molar refractivity (Wildman–Crippen MR) is 53.4 cm³/mol. The van der Waals surface area contributed by atoms with Gasteiger partial charge in [-0.2, -0.15) is 0 Å². The van der Waals surface area contributed by atoms with Gasteiger partial charge in [-0.3, -0.25) is 0 Å². The Bertz CT molecular complexity index is 304. The smallest absolute Gasteiger partial charge is 0.430 e. The Morgan fingerprint density at radius 1 is 1.08 bits per heavy atom. The van der Waals surface area contributed by atoms with E-state index in [1.165, 1.54) is 10.1 Å². The normalized spacial score (nSPS) is 8.83. The highest BCUT2D eigenvalue weighted by Gasteiger charge is 1.87. The summed E-state index contributed by atoms with van der Waals surface area (Å²) < 4.78 is 1.37. The highest BCUT2D eigenvalue weighted by molar-refractivity contribution is 7.17. The van der Waals surface area contributed by atoms with E-state index >= 15 is 0 Å². The van der Waals surface area contributed by atoms with Crippen LogP contribution in [-0.2, 0) is 0 Å². The molecule has 0 bridgehead atoms. The predicted octanol–water partition coefficient (Wildman–Crippen LogP) is 1.14. The highest BCUT2D eigenvalue weighted by atomic mass is 32.1. The molecule has 0 spiro atoms. The van der Waals surface area contributed by atoms with Crippen molar-refractivity contribution in [2.75, 3.05) is 0 Å². The number of benzene rings is 1. The van der Waals surface area contributed by atoms with Crippen molar-refractivity contribution in [3.05, 3.63) is 35.7 Å². The lowest BCUT2D eigenvalue weighted by molar-refractivity contribution is 0.448. The summed E-state index contributed by atoms with van der Waals surface area (Å²) in [5, 5.41) is 17.7. The maximum atomic E-state index is 7.12. The van der Waals surface area contributed by atoms with Crippen LogP contribution in [0.2, 0.25) is 0 Å². The van der Waals surface area contributed by atoms with Gasteiger partial charge in [0.15, 0.2) is 0 Å². The summed E-state index contributed by atoms with van der Waals surface area (Å²) in [7, 11) is -0.750. The largest absolute Gasteiger partial charge is 0.432 e. The zero-order chi connectivity index (χ0) is 8.81. The molecule has 0 radical (unpaired) electrons. The average molecular weight is 180 g/mol. The molecule has 0 atom stereocenters. The second-order valence-electron chi connectivity index (χ2n) is 2.10. The van der Waals surface area contributed by atoms with Gasteiger partial charge in [0.1, 0.15) is 0 Å². The molecule has 0 fully saturated rings. The molecule has 0 saturated heterocycles. The van der Waals surface area contributed by atoms with E-state index < -0.39 is 7.69 Å². The summed E-state index contributed by atoms with van der Waals surface area (Å²) >= 11 is 1.79. The Hall–Kier alpha value is -0.835. The van der Waals surface area contributed by atoms with Gasteiger partial charge in [-0.05, 0) is 22.9 Å². The molecule has 2 N–H and O–H groups in total. The van der Waals surface area contributed by atoms with Crippen LogP contribution in [-0.4, -0.2) is 17.7 Å². The van der Waals surface area contributed by atoms with Crippen molar-refractivity contribution < 1.29 is 10.0 Å². The summed E-state index contributed by atoms with van der Waals surface area (Å²) in [5.74, 6) is 0. The van der Waals surface area contributed by atoms with Crippen LogP contribution in [0, 0.1) is 0 Å². The number of hydrogen-bond donors (Lipinski definition) is 2. The van der Waals surface area contributed by atoms with E-state index in [1.807, 2.05) is 0 Å². The van der Waals surface area contributed by atoms with Crippen molar-refractivity contribution in [2.45, 2.75) is 0 Å². The third kappa shape index (κ3) is 2.34. The van der Waals surface area contributed by atoms with E-state index in [-0.39, 0.29) is 0 Å². The fraction of sp³-hybridized carbons (Fsp3) is 0. The molecule has 2 aromatic rings. The van der Waals surface area contributed by atoms with Crippen LogP contribution in [0.5, 0.6) is 0 Å². The van der Waals surface area contributed by atoms with Gasteiger partial charge in [0.05, 0.1) is 0 Å². The molecule has 12 heavy (non-hydrogen) atoms. The van der Waals surface area contributed by atoms with Crippen LogP contribution in [0.4, 0.5) is 0 Å². The fourth-order valence-electron chi connectivity index (χ4n) is 0.906. The van der Waals surface area contributed by atoms with Crippen LogP contribution in [0.25, 0.3) is 10.1 Å². The van der Waals surface area contributed by atoms with Crippen LogP contribution in [0.15, 0.2) is 35.7 Å². The summed E-state index contributed by atoms with van der Waals surface area (Å²) in [4.78, 5) is 0. The van der Waals surface area contributed by atoms with Crippen molar-refractivity contribution in [2.24, 2.45) is 0 Å². The molecule has 0 amide bonds. The number of thiophene rings is 1. The van der Waals surface area contributed by atoms with E-state index in [0.29, 0.717) is 0 Å². The molecule has 62 valence electrons. The van der Waals surface area contributed by atoms with Gasteiger partial charge in [-0.25, -0.2) is 0 Å². The Morgan fingerprint density at radius 2 is 1.75 bits per heavy atom. The first-order valence-electron chi connectivity index (χ1n) is 3.52. The lowest BCUT2D eigenvalue weighted by Crippen LogP contribution is -1.75. The van der Waals surface area contributed by atoms with Crippen LogP contribution in [0.3, 0.4) is 0 Å². The highest BCUT2D eigenvalue weighted by Crippen LogP contribution is 2.18. The molecular formula is C8H9BO2S. The Morgan fingerprint density at radius 3 is 2.42 bits per heavy atom. The SMILES string of the molecule is OBO.c1ccc2sccc2c1. The second kappa shape index (κ2) is 4.93. The zero-order valence-corrected chi connectivity index (χ0v) is 7.29. The molecule has 1 aromatic heterocycles. The minimum absolute atomic E-state index is 0.750. The maximum Gasteiger partial charge on any atom is 0.432 e. The molecule has 4 heteroatoms. The summed E-state index contributed by atoms with van der Waals surface area (Å²) in [5.41, 5.74) is 0. The van der Waals surface area contributed by atoms with Crippen molar-refractivity contribution >= 4 is 29.1 Å². The van der Waals surface area contributed by atoms with E-state index in [1.54, 1.807) is 11.3 Å². The van der Waals surface area contributed by atoms with Crippen molar-refractivity contribution in [3.8, 4) is 0 Å². The van der Waals surface area contributed by atoms with E-state index in [0.717, 1.165) is 0 Å². The molecule has 2 nitrogen and oxygen atoms in total. The van der Waals surface area contributed by atoms with Gasteiger partial charge in [0.2, 0.25) is 0 Å². The second-order valence-corrected chi connectivity index (χ2v) is 3.05. The molecule has 1 aromatic carbocycles. The van der Waals surface area contributed by atoms with Gasteiger partial charge in [0.25, 0.3) is 0 Å². The Kier molecular flexibility index (Phi) is 3.80. The van der Waals surface area contributed by atoms with E-state index in [2.05, 4.69) is 35.7 Å². The van der Waals surface area contributed by atoms with Gasteiger partial charge < -0.3 is 10.0 Å². The molecule has 2 rings (SSSR count). The van der Waals surface area contributed by atoms with E-state index in [9.17, 15) is 0 Å². The van der Waals surface area contributed by atoms with Gasteiger partial charge >= 0.3 is 7.69 Å².